The van der Waals surface area contributed by atoms with Crippen LogP contribution in [0.15, 0.2) is 36.8 Å². The van der Waals surface area contributed by atoms with Gasteiger partial charge in [0.2, 0.25) is 15.8 Å². The minimum Gasteiger partial charge on any atom is -0.282 e. The van der Waals surface area contributed by atoms with E-state index in [2.05, 4.69) is 20.2 Å². The molecule has 0 spiro atoms. The number of sulfonamides is 1. The maximum atomic E-state index is 11.8. The Morgan fingerprint density at radius 2 is 2.12 bits per heavy atom. The summed E-state index contributed by atoms with van der Waals surface area (Å²) in [5.41, 5.74) is 2.45. The first-order chi connectivity index (χ1) is 12.5. The van der Waals surface area contributed by atoms with Crippen LogP contribution in [0.2, 0.25) is 0 Å². The van der Waals surface area contributed by atoms with Gasteiger partial charge in [0.05, 0.1) is 23.8 Å². The van der Waals surface area contributed by atoms with E-state index in [0.29, 0.717) is 18.9 Å². The zero-order valence-electron chi connectivity index (χ0n) is 14.5. The highest BCUT2D eigenvalue weighted by atomic mass is 32.2. The van der Waals surface area contributed by atoms with Crippen molar-refractivity contribution < 1.29 is 8.42 Å². The predicted octanol–water partition coefficient (Wildman–Crippen LogP) is 1.40. The fourth-order valence-corrected chi connectivity index (χ4v) is 4.36. The standard InChI is InChI=1S/C17H20N6O2S/c1-26(24,25)22-8-2-4-13(12-22)10-14-5-6-15(21-20-14)16-11-19-17-18-7-3-9-23(16)17/h3,5-7,9,11,13H,2,4,8,10,12H2,1H3/t13-/m0/s1. The lowest BCUT2D eigenvalue weighted by molar-refractivity contribution is 0.265. The van der Waals surface area contributed by atoms with Gasteiger partial charge in [-0.3, -0.25) is 4.40 Å². The molecule has 26 heavy (non-hydrogen) atoms. The summed E-state index contributed by atoms with van der Waals surface area (Å²) < 4.78 is 26.9. The van der Waals surface area contributed by atoms with Gasteiger partial charge in [-0.2, -0.15) is 5.10 Å². The van der Waals surface area contributed by atoms with Crippen molar-refractivity contribution in [1.82, 2.24) is 28.9 Å². The molecule has 1 aliphatic rings. The van der Waals surface area contributed by atoms with Gasteiger partial charge in [0.15, 0.2) is 0 Å². The molecule has 0 amide bonds. The van der Waals surface area contributed by atoms with Crippen LogP contribution in [0.5, 0.6) is 0 Å². The molecule has 0 N–H and O–H groups in total. The molecule has 0 bridgehead atoms. The lowest BCUT2D eigenvalue weighted by Crippen LogP contribution is -2.39. The Morgan fingerprint density at radius 3 is 2.88 bits per heavy atom. The topological polar surface area (TPSA) is 93.4 Å². The maximum absolute atomic E-state index is 11.8. The molecule has 3 aromatic rings. The first-order valence-corrected chi connectivity index (χ1v) is 10.4. The molecule has 4 heterocycles. The van der Waals surface area contributed by atoms with Crippen LogP contribution in [0.25, 0.3) is 17.2 Å². The molecule has 0 unspecified atom stereocenters. The Morgan fingerprint density at radius 1 is 1.23 bits per heavy atom. The van der Waals surface area contributed by atoms with E-state index >= 15 is 0 Å². The molecule has 4 rings (SSSR count). The third kappa shape index (κ3) is 3.45. The van der Waals surface area contributed by atoms with Gasteiger partial charge < -0.3 is 0 Å². The molecule has 3 aromatic heterocycles. The summed E-state index contributed by atoms with van der Waals surface area (Å²) in [6.45, 7) is 1.17. The van der Waals surface area contributed by atoms with Gasteiger partial charge in [0.1, 0.15) is 5.69 Å². The summed E-state index contributed by atoms with van der Waals surface area (Å²) in [7, 11) is -3.13. The first kappa shape index (κ1) is 17.0. The summed E-state index contributed by atoms with van der Waals surface area (Å²) in [4.78, 5) is 8.46. The molecular formula is C17H20N6O2S. The van der Waals surface area contributed by atoms with E-state index in [1.165, 1.54) is 6.26 Å². The highest BCUT2D eigenvalue weighted by molar-refractivity contribution is 7.88. The molecule has 136 valence electrons. The fourth-order valence-electron chi connectivity index (χ4n) is 3.41. The van der Waals surface area contributed by atoms with Crippen LogP contribution in [-0.4, -0.2) is 56.6 Å². The Kier molecular flexibility index (Phi) is 4.41. The van der Waals surface area contributed by atoms with Gasteiger partial charge in [0.25, 0.3) is 0 Å². The molecule has 1 fully saturated rings. The molecule has 0 aromatic carbocycles. The first-order valence-electron chi connectivity index (χ1n) is 8.57. The molecule has 0 radical (unpaired) electrons. The number of aromatic nitrogens is 5. The van der Waals surface area contributed by atoms with Crippen molar-refractivity contribution in [3.63, 3.8) is 0 Å². The van der Waals surface area contributed by atoms with Crippen LogP contribution in [-0.2, 0) is 16.4 Å². The van der Waals surface area contributed by atoms with Crippen LogP contribution < -0.4 is 0 Å². The normalized spacial score (nSPS) is 19.0. The summed E-state index contributed by atoms with van der Waals surface area (Å²) in [5.74, 6) is 0.898. The van der Waals surface area contributed by atoms with Crippen LogP contribution in [0.4, 0.5) is 0 Å². The van der Waals surface area contributed by atoms with E-state index < -0.39 is 10.0 Å². The number of hydrogen-bond donors (Lipinski definition) is 0. The average molecular weight is 372 g/mol. The third-order valence-corrected chi connectivity index (χ3v) is 5.99. The Labute approximate surface area is 152 Å². The largest absolute Gasteiger partial charge is 0.282 e. The van der Waals surface area contributed by atoms with Gasteiger partial charge in [-0.05, 0) is 43.4 Å². The van der Waals surface area contributed by atoms with Crippen molar-refractivity contribution in [1.29, 1.82) is 0 Å². The second-order valence-electron chi connectivity index (χ2n) is 6.68. The summed E-state index contributed by atoms with van der Waals surface area (Å²) in [6.07, 6.45) is 9.22. The second-order valence-corrected chi connectivity index (χ2v) is 8.66. The lowest BCUT2D eigenvalue weighted by Gasteiger charge is -2.30. The van der Waals surface area contributed by atoms with Crippen LogP contribution in [0.1, 0.15) is 18.5 Å². The maximum Gasteiger partial charge on any atom is 0.234 e. The number of hydrogen-bond acceptors (Lipinski definition) is 6. The highest BCUT2D eigenvalue weighted by Gasteiger charge is 2.26. The van der Waals surface area contributed by atoms with E-state index in [-0.39, 0.29) is 5.92 Å². The molecule has 1 aliphatic heterocycles. The molecule has 0 saturated carbocycles. The minimum atomic E-state index is -3.13. The van der Waals surface area contributed by atoms with Crippen molar-refractivity contribution in [2.45, 2.75) is 19.3 Å². The van der Waals surface area contributed by atoms with Gasteiger partial charge >= 0.3 is 0 Å². The summed E-state index contributed by atoms with van der Waals surface area (Å²) in [5, 5.41) is 8.68. The Bertz CT molecular complexity index is 1020. The van der Waals surface area contributed by atoms with E-state index in [1.807, 2.05) is 28.8 Å². The zero-order chi connectivity index (χ0) is 18.1. The smallest absolute Gasteiger partial charge is 0.234 e. The van der Waals surface area contributed by atoms with Crippen molar-refractivity contribution in [2.75, 3.05) is 19.3 Å². The highest BCUT2D eigenvalue weighted by Crippen LogP contribution is 2.23. The van der Waals surface area contributed by atoms with E-state index in [1.54, 1.807) is 16.7 Å². The number of imidazole rings is 1. The quantitative estimate of drug-likeness (QED) is 0.687. The zero-order valence-corrected chi connectivity index (χ0v) is 15.3. The van der Waals surface area contributed by atoms with Crippen molar-refractivity contribution in [3.8, 4) is 11.4 Å². The van der Waals surface area contributed by atoms with Crippen LogP contribution in [0.3, 0.4) is 0 Å². The number of fused-ring (bicyclic) bond motifs is 1. The number of rotatable bonds is 4. The predicted molar refractivity (Wildman–Crippen MR) is 96.9 cm³/mol. The van der Waals surface area contributed by atoms with Crippen molar-refractivity contribution in [3.05, 3.63) is 42.5 Å². The molecular weight excluding hydrogens is 352 g/mol. The van der Waals surface area contributed by atoms with Crippen LogP contribution >= 0.6 is 0 Å². The van der Waals surface area contributed by atoms with E-state index in [4.69, 9.17) is 0 Å². The minimum absolute atomic E-state index is 0.277. The average Bonchev–Trinajstić information content (AvgIpc) is 3.06. The lowest BCUT2D eigenvalue weighted by atomic mass is 9.94. The van der Waals surface area contributed by atoms with E-state index in [0.717, 1.165) is 36.3 Å². The fraction of sp³-hybridized carbons (Fsp3) is 0.412. The number of nitrogens with zero attached hydrogens (tertiary/aromatic N) is 6. The van der Waals surface area contributed by atoms with Gasteiger partial charge in [-0.1, -0.05) is 0 Å². The summed E-state index contributed by atoms with van der Waals surface area (Å²) in [6, 6.07) is 5.73. The molecule has 9 heteroatoms. The van der Waals surface area contributed by atoms with Crippen LogP contribution in [0, 0.1) is 5.92 Å². The van der Waals surface area contributed by atoms with E-state index in [9.17, 15) is 8.42 Å². The molecule has 0 aliphatic carbocycles. The van der Waals surface area contributed by atoms with Crippen molar-refractivity contribution in [2.24, 2.45) is 5.92 Å². The third-order valence-electron chi connectivity index (χ3n) is 4.72. The monoisotopic (exact) mass is 372 g/mol. The van der Waals surface area contributed by atoms with Gasteiger partial charge in [-0.15, -0.1) is 5.10 Å². The Hall–Kier alpha value is -2.39. The van der Waals surface area contributed by atoms with Gasteiger partial charge in [0, 0.05) is 25.5 Å². The molecule has 1 atom stereocenters. The number of piperidine rings is 1. The van der Waals surface area contributed by atoms with Gasteiger partial charge in [-0.25, -0.2) is 22.7 Å². The van der Waals surface area contributed by atoms with Crippen molar-refractivity contribution >= 4 is 15.8 Å². The molecule has 8 nitrogen and oxygen atoms in total. The SMILES string of the molecule is CS(=O)(=O)N1CCC[C@@H](Cc2ccc(-c3cnc4ncccn34)nn2)C1. The molecule has 1 saturated heterocycles. The summed E-state index contributed by atoms with van der Waals surface area (Å²) >= 11 is 0. The second kappa shape index (κ2) is 6.73. The Balaban J connectivity index is 1.50.